The van der Waals surface area contributed by atoms with E-state index in [0.717, 1.165) is 24.3 Å². The van der Waals surface area contributed by atoms with Crippen LogP contribution in [0.25, 0.3) is 22.1 Å². The van der Waals surface area contributed by atoms with Crippen LogP contribution in [0.15, 0.2) is 114 Å². The predicted octanol–water partition coefficient (Wildman–Crippen LogP) is 16.3. The quantitative estimate of drug-likeness (QED) is 0.165. The fraction of sp³-hybridized carbons (Fsp3) is 0.424. The zero-order valence-electron chi connectivity index (χ0n) is 44.4. The molecule has 7 aliphatic rings. The Morgan fingerprint density at radius 2 is 0.971 bits per heavy atom. The van der Waals surface area contributed by atoms with Crippen molar-refractivity contribution in [3.8, 4) is 11.1 Å². The number of hydrogen-bond acceptors (Lipinski definition) is 3. The SMILES string of the molecule is CC(C)(C)c1ccc(N2c3cc4c(cc3B3c5c2cc(-c2ccccc2)cc5N(c2ccc5c(c2)C(C)(C)CCC5(C)C)c2oc5cc6c(cc5c23)C2(C)CCC6(C)CC2)C(C)(C)CCC4(C)C)cc1. The molecule has 0 unspecified atom stereocenters. The fourth-order valence-electron chi connectivity index (χ4n) is 14.7. The third-order valence-corrected chi connectivity index (χ3v) is 19.7. The third-order valence-electron chi connectivity index (χ3n) is 19.7. The van der Waals surface area contributed by atoms with Crippen LogP contribution >= 0.6 is 0 Å². The van der Waals surface area contributed by atoms with Crippen LogP contribution in [0.3, 0.4) is 0 Å². The molecule has 14 rings (SSSR count). The molecule has 4 heteroatoms. The molecule has 3 heterocycles. The van der Waals surface area contributed by atoms with E-state index in [4.69, 9.17) is 4.42 Å². The summed E-state index contributed by atoms with van der Waals surface area (Å²) in [7, 11) is 0. The number of fused-ring (bicyclic) bond motifs is 10. The van der Waals surface area contributed by atoms with Crippen LogP contribution in [-0.4, -0.2) is 6.71 Å². The molecule has 356 valence electrons. The molecular formula is C66H73BN2O. The van der Waals surface area contributed by atoms with Crippen LogP contribution in [0.4, 0.5) is 34.3 Å². The molecule has 0 spiro atoms. The smallest absolute Gasteiger partial charge is 0.257 e. The van der Waals surface area contributed by atoms with Crippen molar-refractivity contribution in [3.63, 3.8) is 0 Å². The predicted molar refractivity (Wildman–Crippen MR) is 298 cm³/mol. The van der Waals surface area contributed by atoms with E-state index < -0.39 is 0 Å². The zero-order valence-corrected chi connectivity index (χ0v) is 44.4. The van der Waals surface area contributed by atoms with Crippen LogP contribution in [0, 0.1) is 0 Å². The number of furan rings is 1. The maximum absolute atomic E-state index is 7.72. The standard InChI is InChI=1S/C66H73BN2O/c1-60(2,3)42-19-21-43(22-20-42)68-53-38-49-48(63(8,9)27-28-64(49,10)11)37-52(53)67-57-45-36-50-51(66(13)31-29-65(50,12)30-32-66)39-56(45)70-59(57)69(44-23-24-46-47(35-44)62(6,7)26-25-61(46,4)5)55-34-41(33-54(68)58(55)67)40-17-15-14-16-18-40/h14-24,33-39H,25-32H2,1-13H3. The van der Waals surface area contributed by atoms with E-state index in [1.54, 1.807) is 5.56 Å². The molecule has 0 saturated heterocycles. The summed E-state index contributed by atoms with van der Waals surface area (Å²) in [5, 5.41) is 1.29. The van der Waals surface area contributed by atoms with Gasteiger partial charge in [0.2, 0.25) is 5.88 Å². The van der Waals surface area contributed by atoms with E-state index in [9.17, 15) is 0 Å². The van der Waals surface area contributed by atoms with Crippen molar-refractivity contribution in [2.24, 2.45) is 0 Å². The monoisotopic (exact) mass is 921 g/mol. The minimum absolute atomic E-state index is 0.0351. The summed E-state index contributed by atoms with van der Waals surface area (Å²) in [6.07, 6.45) is 9.65. The molecule has 0 N–H and O–H groups in total. The van der Waals surface area contributed by atoms with Crippen molar-refractivity contribution in [1.82, 2.24) is 0 Å². The minimum Gasteiger partial charge on any atom is -0.440 e. The number of hydrogen-bond donors (Lipinski definition) is 0. The fourth-order valence-corrected chi connectivity index (χ4v) is 14.7. The van der Waals surface area contributed by atoms with Gasteiger partial charge in [-0.1, -0.05) is 145 Å². The molecular weight excluding hydrogens is 848 g/mol. The first-order valence-electron chi connectivity index (χ1n) is 26.9. The Kier molecular flexibility index (Phi) is 8.98. The molecule has 6 aromatic carbocycles. The van der Waals surface area contributed by atoms with Crippen molar-refractivity contribution in [2.45, 2.75) is 179 Å². The molecule has 0 amide bonds. The Balaban J connectivity index is 1.18. The van der Waals surface area contributed by atoms with Gasteiger partial charge < -0.3 is 9.32 Å². The lowest BCUT2D eigenvalue weighted by Crippen LogP contribution is -2.61. The molecule has 5 aliphatic carbocycles. The summed E-state index contributed by atoms with van der Waals surface area (Å²) in [6, 6.07) is 43.6. The van der Waals surface area contributed by atoms with Crippen LogP contribution in [-0.2, 0) is 37.9 Å². The second-order valence-corrected chi connectivity index (χ2v) is 27.3. The number of nitrogens with zero attached hydrogens (tertiary/aromatic N) is 2. The second-order valence-electron chi connectivity index (χ2n) is 27.3. The molecule has 2 aliphatic heterocycles. The van der Waals surface area contributed by atoms with Crippen molar-refractivity contribution in [3.05, 3.63) is 148 Å². The Labute approximate surface area is 419 Å². The maximum atomic E-state index is 7.72. The van der Waals surface area contributed by atoms with Gasteiger partial charge in [-0.15, -0.1) is 0 Å². The van der Waals surface area contributed by atoms with Gasteiger partial charge in [0.15, 0.2) is 0 Å². The van der Waals surface area contributed by atoms with Crippen molar-refractivity contribution in [2.75, 3.05) is 9.80 Å². The first-order valence-corrected chi connectivity index (χ1v) is 26.9. The molecule has 1 fully saturated rings. The summed E-state index contributed by atoms with van der Waals surface area (Å²) < 4.78 is 7.72. The average Bonchev–Trinajstić information content (AvgIpc) is 3.70. The maximum Gasteiger partial charge on any atom is 0.257 e. The molecule has 1 aromatic heterocycles. The van der Waals surface area contributed by atoms with E-state index in [2.05, 4.69) is 209 Å². The normalized spacial score (nSPS) is 23.8. The molecule has 7 aromatic rings. The Hall–Kier alpha value is -5.48. The lowest BCUT2D eigenvalue weighted by molar-refractivity contribution is 0.188. The largest absolute Gasteiger partial charge is 0.440 e. The summed E-state index contributed by atoms with van der Waals surface area (Å²) >= 11 is 0. The number of rotatable bonds is 3. The van der Waals surface area contributed by atoms with Crippen molar-refractivity contribution >= 4 is 68.4 Å². The van der Waals surface area contributed by atoms with Gasteiger partial charge in [0.25, 0.3) is 6.71 Å². The molecule has 70 heavy (non-hydrogen) atoms. The first-order chi connectivity index (χ1) is 33.0. The van der Waals surface area contributed by atoms with Crippen molar-refractivity contribution in [1.29, 1.82) is 0 Å². The van der Waals surface area contributed by atoms with Gasteiger partial charge in [-0.3, -0.25) is 4.90 Å². The van der Waals surface area contributed by atoms with Gasteiger partial charge in [0.05, 0.1) is 0 Å². The van der Waals surface area contributed by atoms with Gasteiger partial charge in [-0.2, -0.15) is 0 Å². The van der Waals surface area contributed by atoms with Gasteiger partial charge >= 0.3 is 0 Å². The summed E-state index contributed by atoms with van der Waals surface area (Å²) in [6.45, 7) is 31.8. The molecule has 0 radical (unpaired) electrons. The van der Waals surface area contributed by atoms with Gasteiger partial charge in [-0.25, -0.2) is 0 Å². The Morgan fingerprint density at radius 1 is 0.443 bits per heavy atom. The Morgan fingerprint density at radius 3 is 1.57 bits per heavy atom. The highest BCUT2D eigenvalue weighted by Gasteiger charge is 2.52. The van der Waals surface area contributed by atoms with Gasteiger partial charge in [0.1, 0.15) is 5.58 Å². The summed E-state index contributed by atoms with van der Waals surface area (Å²) in [4.78, 5) is 5.23. The average molecular weight is 921 g/mol. The van der Waals surface area contributed by atoms with Crippen LogP contribution in [0.1, 0.15) is 180 Å². The highest BCUT2D eigenvalue weighted by molar-refractivity contribution is 7.01. The molecule has 2 bridgehead atoms. The number of anilines is 6. The summed E-state index contributed by atoms with van der Waals surface area (Å²) in [5.41, 5.74) is 24.6. The van der Waals surface area contributed by atoms with Gasteiger partial charge in [-0.05, 0) is 205 Å². The van der Waals surface area contributed by atoms with E-state index >= 15 is 0 Å². The van der Waals surface area contributed by atoms with E-state index in [1.165, 1.54) is 133 Å². The third kappa shape index (κ3) is 6.19. The highest BCUT2D eigenvalue weighted by Crippen LogP contribution is 2.59. The minimum atomic E-state index is -0.0521. The van der Waals surface area contributed by atoms with Crippen LogP contribution < -0.4 is 26.2 Å². The van der Waals surface area contributed by atoms with Crippen LogP contribution in [0.2, 0.25) is 0 Å². The zero-order chi connectivity index (χ0) is 48.9. The van der Waals surface area contributed by atoms with E-state index in [-0.39, 0.29) is 44.6 Å². The summed E-state index contributed by atoms with van der Waals surface area (Å²) in [5.74, 6) is 0.979. The molecule has 3 nitrogen and oxygen atoms in total. The van der Waals surface area contributed by atoms with E-state index in [0.29, 0.717) is 0 Å². The van der Waals surface area contributed by atoms with Crippen LogP contribution in [0.5, 0.6) is 0 Å². The van der Waals surface area contributed by atoms with E-state index in [1.807, 2.05) is 0 Å². The molecule has 0 atom stereocenters. The lowest BCUT2D eigenvalue weighted by atomic mass is 9.33. The lowest BCUT2D eigenvalue weighted by Gasteiger charge is -2.52. The molecule has 1 saturated carbocycles. The second kappa shape index (κ2) is 14.1. The Bertz CT molecular complexity index is 3350. The number of benzene rings is 6. The first kappa shape index (κ1) is 44.5. The topological polar surface area (TPSA) is 19.6 Å². The highest BCUT2D eigenvalue weighted by atomic mass is 16.4. The van der Waals surface area contributed by atoms with Crippen molar-refractivity contribution < 1.29 is 4.42 Å². The van der Waals surface area contributed by atoms with Gasteiger partial charge in [0, 0.05) is 39.3 Å².